The van der Waals surface area contributed by atoms with Gasteiger partial charge in [-0.05, 0) is 19.9 Å². The van der Waals surface area contributed by atoms with E-state index in [1.54, 1.807) is 0 Å². The van der Waals surface area contributed by atoms with Crippen LogP contribution in [-0.4, -0.2) is 18.7 Å². The molecule has 0 bridgehead atoms. The van der Waals surface area contributed by atoms with E-state index in [1.165, 1.54) is 0 Å². The molecule has 0 aromatic carbocycles. The highest BCUT2D eigenvalue weighted by molar-refractivity contribution is 5.69. The molecule has 0 amide bonds. The summed E-state index contributed by atoms with van der Waals surface area (Å²) in [6.07, 6.45) is 3.57. The number of unbranched alkanes of at least 4 members (excludes halogenated alkanes) is 2. The predicted molar refractivity (Wildman–Crippen MR) is 53.4 cm³/mol. The Hall–Kier alpha value is -0.570. The van der Waals surface area contributed by atoms with Gasteiger partial charge in [0.15, 0.2) is 0 Å². The average Bonchev–Trinajstić information content (AvgIpc) is 2.05. The monoisotopic (exact) mass is 187 g/mol. The molecule has 0 heterocycles. The first-order valence-corrected chi connectivity index (χ1v) is 5.13. The summed E-state index contributed by atoms with van der Waals surface area (Å²) in [5.74, 6) is -0.0955. The van der Waals surface area contributed by atoms with E-state index in [1.807, 2.05) is 13.8 Å². The highest BCUT2D eigenvalue weighted by Crippen LogP contribution is 2.01. The van der Waals surface area contributed by atoms with Gasteiger partial charge >= 0.3 is 5.97 Å². The summed E-state index contributed by atoms with van der Waals surface area (Å²) in [6, 6.07) is 0. The number of hydrogen-bond acceptors (Lipinski definition) is 3. The van der Waals surface area contributed by atoms with Crippen molar-refractivity contribution >= 4 is 5.97 Å². The van der Waals surface area contributed by atoms with Crippen molar-refractivity contribution in [3.8, 4) is 0 Å². The zero-order valence-corrected chi connectivity index (χ0v) is 8.93. The zero-order chi connectivity index (χ0) is 10.1. The topological polar surface area (TPSA) is 38.3 Å². The molecule has 1 atom stereocenters. The van der Waals surface area contributed by atoms with Crippen LogP contribution in [0.5, 0.6) is 0 Å². The number of esters is 1. The molecule has 3 nitrogen and oxygen atoms in total. The van der Waals surface area contributed by atoms with Gasteiger partial charge < -0.3 is 4.74 Å². The lowest BCUT2D eigenvalue weighted by atomic mass is 10.2. The van der Waals surface area contributed by atoms with Gasteiger partial charge in [-0.2, -0.15) is 0 Å². The van der Waals surface area contributed by atoms with Crippen molar-refractivity contribution in [2.24, 2.45) is 0 Å². The number of carbonyl (C=O) groups is 1. The van der Waals surface area contributed by atoms with E-state index < -0.39 is 0 Å². The molecule has 78 valence electrons. The molecule has 0 spiro atoms. The molecule has 0 fully saturated rings. The summed E-state index contributed by atoms with van der Waals surface area (Å²) in [4.78, 5) is 11.1. The lowest BCUT2D eigenvalue weighted by molar-refractivity contribution is -0.149. The number of carbonyl (C=O) groups excluding carboxylic acids is 1. The zero-order valence-electron chi connectivity index (χ0n) is 8.93. The van der Waals surface area contributed by atoms with Gasteiger partial charge in [-0.1, -0.05) is 26.7 Å². The third kappa shape index (κ3) is 7.78. The van der Waals surface area contributed by atoms with Crippen molar-refractivity contribution < 1.29 is 9.53 Å². The van der Waals surface area contributed by atoms with Gasteiger partial charge in [0.2, 0.25) is 0 Å². The molecule has 0 saturated heterocycles. The summed E-state index contributed by atoms with van der Waals surface area (Å²) >= 11 is 0. The Morgan fingerprint density at radius 2 is 2.08 bits per heavy atom. The van der Waals surface area contributed by atoms with E-state index in [0.29, 0.717) is 6.42 Å². The molecular formula is C10H21NO2. The molecule has 0 rings (SSSR count). The minimum atomic E-state index is -0.154. The van der Waals surface area contributed by atoms with E-state index in [0.717, 1.165) is 25.8 Å². The molecule has 1 N–H and O–H groups in total. The number of rotatable bonds is 7. The van der Waals surface area contributed by atoms with Crippen LogP contribution in [0, 0.1) is 0 Å². The van der Waals surface area contributed by atoms with Crippen LogP contribution in [0.15, 0.2) is 0 Å². The van der Waals surface area contributed by atoms with Crippen LogP contribution in [0.25, 0.3) is 0 Å². The summed E-state index contributed by atoms with van der Waals surface area (Å²) < 4.78 is 5.09. The van der Waals surface area contributed by atoms with E-state index in [9.17, 15) is 4.79 Å². The smallest absolute Gasteiger partial charge is 0.307 e. The fraction of sp³-hybridized carbons (Fsp3) is 0.900. The van der Waals surface area contributed by atoms with Crippen molar-refractivity contribution in [1.82, 2.24) is 5.32 Å². The lowest BCUT2D eigenvalue weighted by Crippen LogP contribution is -2.30. The largest absolute Gasteiger partial charge is 0.447 e. The standard InChI is InChI=1S/C10H21NO2/c1-4-6-7-8-10(12)13-9(3)11-5-2/h9,11H,4-8H2,1-3H3. The van der Waals surface area contributed by atoms with Crippen LogP contribution in [0.1, 0.15) is 46.5 Å². The van der Waals surface area contributed by atoms with Gasteiger partial charge in [0.25, 0.3) is 0 Å². The highest BCUT2D eigenvalue weighted by atomic mass is 16.6. The maximum atomic E-state index is 11.1. The summed E-state index contributed by atoms with van der Waals surface area (Å²) in [7, 11) is 0. The van der Waals surface area contributed by atoms with Crippen LogP contribution in [-0.2, 0) is 9.53 Å². The van der Waals surface area contributed by atoms with Crippen molar-refractivity contribution in [3.63, 3.8) is 0 Å². The van der Waals surface area contributed by atoms with Crippen LogP contribution in [0.2, 0.25) is 0 Å². The molecule has 1 unspecified atom stereocenters. The molecule has 0 aliphatic heterocycles. The van der Waals surface area contributed by atoms with Gasteiger partial charge in [-0.25, -0.2) is 0 Å². The Balaban J connectivity index is 3.38. The Labute approximate surface area is 80.8 Å². The van der Waals surface area contributed by atoms with Crippen molar-refractivity contribution in [2.45, 2.75) is 52.7 Å². The molecule has 0 aromatic rings. The van der Waals surface area contributed by atoms with E-state index >= 15 is 0 Å². The third-order valence-corrected chi connectivity index (χ3v) is 1.78. The molecular weight excluding hydrogens is 166 g/mol. The Morgan fingerprint density at radius 1 is 1.38 bits per heavy atom. The molecule has 0 saturated carbocycles. The predicted octanol–water partition coefficient (Wildman–Crippen LogP) is 2.07. The molecule has 0 aromatic heterocycles. The first-order chi connectivity index (χ1) is 6.20. The van der Waals surface area contributed by atoms with Gasteiger partial charge in [-0.3, -0.25) is 10.1 Å². The van der Waals surface area contributed by atoms with Crippen molar-refractivity contribution in [3.05, 3.63) is 0 Å². The normalized spacial score (nSPS) is 12.5. The Bertz CT molecular complexity index is 137. The second-order valence-electron chi connectivity index (χ2n) is 3.15. The van der Waals surface area contributed by atoms with Gasteiger partial charge in [0.1, 0.15) is 6.23 Å². The third-order valence-electron chi connectivity index (χ3n) is 1.78. The van der Waals surface area contributed by atoms with Gasteiger partial charge in [-0.15, -0.1) is 0 Å². The highest BCUT2D eigenvalue weighted by Gasteiger charge is 2.06. The Morgan fingerprint density at radius 3 is 2.62 bits per heavy atom. The van der Waals surface area contributed by atoms with Crippen molar-refractivity contribution in [1.29, 1.82) is 0 Å². The second-order valence-corrected chi connectivity index (χ2v) is 3.15. The summed E-state index contributed by atoms with van der Waals surface area (Å²) in [5.41, 5.74) is 0. The van der Waals surface area contributed by atoms with Crippen LogP contribution in [0.4, 0.5) is 0 Å². The van der Waals surface area contributed by atoms with Crippen LogP contribution in [0.3, 0.4) is 0 Å². The summed E-state index contributed by atoms with van der Waals surface area (Å²) in [5, 5.41) is 3.02. The number of nitrogens with one attached hydrogen (secondary N) is 1. The fourth-order valence-corrected chi connectivity index (χ4v) is 1.10. The molecule has 0 aliphatic carbocycles. The van der Waals surface area contributed by atoms with E-state index in [-0.39, 0.29) is 12.2 Å². The quantitative estimate of drug-likeness (QED) is 0.376. The maximum Gasteiger partial charge on any atom is 0.307 e. The van der Waals surface area contributed by atoms with E-state index in [4.69, 9.17) is 4.74 Å². The number of ether oxygens (including phenoxy) is 1. The van der Waals surface area contributed by atoms with Crippen molar-refractivity contribution in [2.75, 3.05) is 6.54 Å². The lowest BCUT2D eigenvalue weighted by Gasteiger charge is -2.13. The van der Waals surface area contributed by atoms with Gasteiger partial charge in [0.05, 0.1) is 0 Å². The molecule has 0 aliphatic rings. The average molecular weight is 187 g/mol. The molecule has 13 heavy (non-hydrogen) atoms. The summed E-state index contributed by atoms with van der Waals surface area (Å²) in [6.45, 7) is 6.78. The molecule has 0 radical (unpaired) electrons. The van der Waals surface area contributed by atoms with Crippen LogP contribution < -0.4 is 5.32 Å². The second kappa shape index (κ2) is 8.05. The van der Waals surface area contributed by atoms with Crippen LogP contribution >= 0.6 is 0 Å². The number of hydrogen-bond donors (Lipinski definition) is 1. The Kier molecular flexibility index (Phi) is 7.69. The fourth-order valence-electron chi connectivity index (χ4n) is 1.10. The minimum Gasteiger partial charge on any atom is -0.447 e. The SMILES string of the molecule is CCCCCC(=O)OC(C)NCC. The molecule has 3 heteroatoms. The first kappa shape index (κ1) is 12.4. The van der Waals surface area contributed by atoms with E-state index in [2.05, 4.69) is 12.2 Å². The van der Waals surface area contributed by atoms with Gasteiger partial charge in [0, 0.05) is 6.42 Å². The minimum absolute atomic E-state index is 0.0955. The first-order valence-electron chi connectivity index (χ1n) is 5.13. The maximum absolute atomic E-state index is 11.1.